The molecule has 2 N–H and O–H groups in total. The van der Waals surface area contributed by atoms with E-state index in [1.54, 1.807) is 6.92 Å². The van der Waals surface area contributed by atoms with E-state index in [-0.39, 0.29) is 23.8 Å². The highest BCUT2D eigenvalue weighted by molar-refractivity contribution is 5.96. The van der Waals surface area contributed by atoms with E-state index in [1.807, 2.05) is 60.4 Å². The summed E-state index contributed by atoms with van der Waals surface area (Å²) in [5.41, 5.74) is 8.99. The highest BCUT2D eigenvalue weighted by Gasteiger charge is 2.40. The molecule has 27 heavy (non-hydrogen) atoms. The average Bonchev–Trinajstić information content (AvgIpc) is 2.68. The Morgan fingerprint density at radius 3 is 2.52 bits per heavy atom. The summed E-state index contributed by atoms with van der Waals surface area (Å²) in [4.78, 5) is 27.8. The zero-order valence-electron chi connectivity index (χ0n) is 15.9. The lowest BCUT2D eigenvalue weighted by Crippen LogP contribution is -2.45. The largest absolute Gasteiger partial charge is 0.466 e. The molecule has 0 aromatic heterocycles. The molecule has 1 amide bonds. The SMILES string of the molecule is CCOC(=O)C1CCCN(C(=O)c2ccccc2C)[C@H]1c1ccc(N)cc1. The number of benzene rings is 2. The number of ether oxygens (including phenoxy) is 1. The molecule has 1 aliphatic heterocycles. The minimum absolute atomic E-state index is 0.0519. The fraction of sp³-hybridized carbons (Fsp3) is 0.364. The minimum Gasteiger partial charge on any atom is -0.466 e. The first-order valence-electron chi connectivity index (χ1n) is 9.41. The predicted molar refractivity (Wildman–Crippen MR) is 105 cm³/mol. The van der Waals surface area contributed by atoms with Crippen molar-refractivity contribution in [1.29, 1.82) is 0 Å². The fourth-order valence-electron chi connectivity index (χ4n) is 3.79. The van der Waals surface area contributed by atoms with Crippen LogP contribution in [0.2, 0.25) is 0 Å². The molecule has 0 bridgehead atoms. The second-order valence-electron chi connectivity index (χ2n) is 6.93. The second-order valence-corrected chi connectivity index (χ2v) is 6.93. The fourth-order valence-corrected chi connectivity index (χ4v) is 3.79. The van der Waals surface area contributed by atoms with Crippen LogP contribution >= 0.6 is 0 Å². The summed E-state index contributed by atoms with van der Waals surface area (Å²) in [7, 11) is 0. The van der Waals surface area contributed by atoms with Crippen molar-refractivity contribution < 1.29 is 14.3 Å². The summed E-state index contributed by atoms with van der Waals surface area (Å²) < 4.78 is 5.31. The number of nitrogen functional groups attached to an aromatic ring is 1. The Bertz CT molecular complexity index is 817. The van der Waals surface area contributed by atoms with Gasteiger partial charge < -0.3 is 15.4 Å². The topological polar surface area (TPSA) is 72.6 Å². The molecule has 1 aliphatic rings. The smallest absolute Gasteiger partial charge is 0.311 e. The number of likely N-dealkylation sites (tertiary alicyclic amines) is 1. The van der Waals surface area contributed by atoms with Gasteiger partial charge in [-0.05, 0) is 56.0 Å². The van der Waals surface area contributed by atoms with Crippen LogP contribution in [0.25, 0.3) is 0 Å². The van der Waals surface area contributed by atoms with E-state index in [0.717, 1.165) is 17.5 Å². The van der Waals surface area contributed by atoms with Crippen LogP contribution < -0.4 is 5.73 Å². The predicted octanol–water partition coefficient (Wildman–Crippen LogP) is 3.73. The Balaban J connectivity index is 2.01. The zero-order chi connectivity index (χ0) is 19.4. The molecule has 1 unspecified atom stereocenters. The molecule has 2 aromatic carbocycles. The standard InChI is InChI=1S/C22H26N2O3/c1-3-27-22(26)19-9-6-14-24(20(19)16-10-12-17(23)13-11-16)21(25)18-8-5-4-7-15(18)2/h4-5,7-8,10-13,19-20H,3,6,9,14,23H2,1-2H3/t19?,20-/m0/s1. The normalized spacial score (nSPS) is 19.6. The molecule has 2 aromatic rings. The van der Waals surface area contributed by atoms with E-state index in [1.165, 1.54) is 0 Å². The van der Waals surface area contributed by atoms with Crippen molar-refractivity contribution >= 4 is 17.6 Å². The van der Waals surface area contributed by atoms with E-state index < -0.39 is 0 Å². The van der Waals surface area contributed by atoms with Gasteiger partial charge in [-0.25, -0.2) is 0 Å². The Hall–Kier alpha value is -2.82. The van der Waals surface area contributed by atoms with E-state index in [4.69, 9.17) is 10.5 Å². The van der Waals surface area contributed by atoms with Crippen LogP contribution in [-0.2, 0) is 9.53 Å². The van der Waals surface area contributed by atoms with Gasteiger partial charge in [-0.15, -0.1) is 0 Å². The van der Waals surface area contributed by atoms with Gasteiger partial charge in [0.2, 0.25) is 0 Å². The number of nitrogens with two attached hydrogens (primary N) is 1. The molecule has 0 spiro atoms. The lowest BCUT2D eigenvalue weighted by atomic mass is 9.84. The molecule has 5 nitrogen and oxygen atoms in total. The van der Waals surface area contributed by atoms with Crippen LogP contribution in [0.3, 0.4) is 0 Å². The van der Waals surface area contributed by atoms with E-state index in [2.05, 4.69) is 0 Å². The molecule has 142 valence electrons. The molecule has 0 radical (unpaired) electrons. The van der Waals surface area contributed by atoms with Crippen LogP contribution in [0.5, 0.6) is 0 Å². The number of aryl methyl sites for hydroxylation is 1. The van der Waals surface area contributed by atoms with Gasteiger partial charge in [0.25, 0.3) is 5.91 Å². The number of esters is 1. The van der Waals surface area contributed by atoms with E-state index in [9.17, 15) is 9.59 Å². The van der Waals surface area contributed by atoms with Gasteiger partial charge in [0, 0.05) is 17.8 Å². The Morgan fingerprint density at radius 1 is 1.15 bits per heavy atom. The average molecular weight is 366 g/mol. The van der Waals surface area contributed by atoms with E-state index >= 15 is 0 Å². The molecule has 1 saturated heterocycles. The number of nitrogens with zero attached hydrogens (tertiary/aromatic N) is 1. The van der Waals surface area contributed by atoms with Crippen LogP contribution in [0.1, 0.15) is 47.3 Å². The first-order chi connectivity index (χ1) is 13.0. The lowest BCUT2D eigenvalue weighted by Gasteiger charge is -2.40. The summed E-state index contributed by atoms with van der Waals surface area (Å²) in [6.45, 7) is 4.67. The minimum atomic E-state index is -0.379. The summed E-state index contributed by atoms with van der Waals surface area (Å²) in [6, 6.07) is 14.6. The van der Waals surface area contributed by atoms with Crippen molar-refractivity contribution in [2.75, 3.05) is 18.9 Å². The van der Waals surface area contributed by atoms with Gasteiger partial charge in [0.1, 0.15) is 0 Å². The van der Waals surface area contributed by atoms with Gasteiger partial charge in [-0.1, -0.05) is 30.3 Å². The van der Waals surface area contributed by atoms with Crippen LogP contribution in [0.4, 0.5) is 5.69 Å². The third kappa shape index (κ3) is 3.97. The van der Waals surface area contributed by atoms with Crippen LogP contribution in [0, 0.1) is 12.8 Å². The number of hydrogen-bond donors (Lipinski definition) is 1. The van der Waals surface area contributed by atoms with Crippen molar-refractivity contribution in [1.82, 2.24) is 4.90 Å². The summed E-state index contributed by atoms with van der Waals surface area (Å²) in [5, 5.41) is 0. The van der Waals surface area contributed by atoms with Crippen molar-refractivity contribution in [3.05, 3.63) is 65.2 Å². The van der Waals surface area contributed by atoms with Gasteiger partial charge in [-0.3, -0.25) is 9.59 Å². The molecule has 0 saturated carbocycles. The molecule has 5 heteroatoms. The van der Waals surface area contributed by atoms with Crippen molar-refractivity contribution in [2.24, 2.45) is 5.92 Å². The maximum atomic E-state index is 13.3. The summed E-state index contributed by atoms with van der Waals surface area (Å²) in [5.74, 6) is -0.680. The number of amides is 1. The van der Waals surface area contributed by atoms with Crippen LogP contribution in [-0.4, -0.2) is 29.9 Å². The Labute approximate surface area is 160 Å². The third-order valence-electron chi connectivity index (χ3n) is 5.13. The maximum Gasteiger partial charge on any atom is 0.311 e. The maximum absolute atomic E-state index is 13.3. The Kier molecular flexibility index (Phi) is 5.79. The number of carbonyl (C=O) groups excluding carboxylic acids is 2. The lowest BCUT2D eigenvalue weighted by molar-refractivity contribution is -0.151. The molecule has 2 atom stereocenters. The Morgan fingerprint density at radius 2 is 1.85 bits per heavy atom. The summed E-state index contributed by atoms with van der Waals surface area (Å²) in [6.07, 6.45) is 1.47. The molecule has 3 rings (SSSR count). The first-order valence-corrected chi connectivity index (χ1v) is 9.41. The zero-order valence-corrected chi connectivity index (χ0v) is 15.9. The van der Waals surface area contributed by atoms with E-state index in [0.29, 0.717) is 30.8 Å². The van der Waals surface area contributed by atoms with Crippen LogP contribution in [0.15, 0.2) is 48.5 Å². The monoisotopic (exact) mass is 366 g/mol. The quantitative estimate of drug-likeness (QED) is 0.661. The van der Waals surface area contributed by atoms with Gasteiger partial charge >= 0.3 is 5.97 Å². The molecule has 1 fully saturated rings. The molecular weight excluding hydrogens is 340 g/mol. The second kappa shape index (κ2) is 8.25. The number of hydrogen-bond acceptors (Lipinski definition) is 4. The summed E-state index contributed by atoms with van der Waals surface area (Å²) >= 11 is 0. The van der Waals surface area contributed by atoms with Crippen molar-refractivity contribution in [3.63, 3.8) is 0 Å². The van der Waals surface area contributed by atoms with Crippen molar-refractivity contribution in [2.45, 2.75) is 32.7 Å². The number of piperidine rings is 1. The van der Waals surface area contributed by atoms with Crippen molar-refractivity contribution in [3.8, 4) is 0 Å². The number of rotatable bonds is 4. The molecular formula is C22H26N2O3. The number of anilines is 1. The molecule has 0 aliphatic carbocycles. The van der Waals surface area contributed by atoms with Gasteiger partial charge in [0.15, 0.2) is 0 Å². The highest BCUT2D eigenvalue weighted by atomic mass is 16.5. The van der Waals surface area contributed by atoms with Gasteiger partial charge in [0.05, 0.1) is 18.6 Å². The first kappa shape index (κ1) is 19.0. The third-order valence-corrected chi connectivity index (χ3v) is 5.13. The highest BCUT2D eigenvalue weighted by Crippen LogP contribution is 2.38. The van der Waals surface area contributed by atoms with Gasteiger partial charge in [-0.2, -0.15) is 0 Å². The number of carbonyl (C=O) groups is 2. The molecule has 1 heterocycles.